The van der Waals surface area contributed by atoms with Crippen molar-refractivity contribution in [3.05, 3.63) is 121 Å². The fourth-order valence-electron chi connectivity index (χ4n) is 4.63. The summed E-state index contributed by atoms with van der Waals surface area (Å²) in [5.74, 6) is 2.07. The molecule has 0 aliphatic carbocycles. The first-order valence-corrected chi connectivity index (χ1v) is 14.7. The minimum atomic E-state index is 0.960. The predicted molar refractivity (Wildman–Crippen MR) is 173 cm³/mol. The fraction of sp³-hybridized carbons (Fsp3) is 0.278. The highest BCUT2D eigenvalue weighted by Gasteiger charge is 2.04. The van der Waals surface area contributed by atoms with E-state index in [4.69, 9.17) is 9.98 Å². The van der Waals surface area contributed by atoms with Crippen LogP contribution in [-0.2, 0) is 0 Å². The van der Waals surface area contributed by atoms with Crippen LogP contribution in [0, 0.1) is 0 Å². The van der Waals surface area contributed by atoms with E-state index < -0.39 is 0 Å². The molecule has 0 saturated heterocycles. The number of aliphatic imine (C=N–C) groups is 2. The van der Waals surface area contributed by atoms with E-state index in [1.54, 1.807) is 0 Å². The van der Waals surface area contributed by atoms with Crippen LogP contribution < -0.4 is 10.6 Å². The summed E-state index contributed by atoms with van der Waals surface area (Å²) in [4.78, 5) is 9.76. The molecule has 0 aromatic heterocycles. The second kappa shape index (κ2) is 17.4. The van der Waals surface area contributed by atoms with Crippen LogP contribution in [0.2, 0.25) is 0 Å². The third-order valence-corrected chi connectivity index (χ3v) is 6.74. The van der Waals surface area contributed by atoms with Crippen molar-refractivity contribution in [3.8, 4) is 0 Å². The largest absolute Gasteiger partial charge is 0.344 e. The lowest BCUT2D eigenvalue weighted by molar-refractivity contribution is 0.575. The van der Waals surface area contributed by atoms with Crippen LogP contribution in [0.25, 0.3) is 0 Å². The molecule has 2 N–H and O–H groups in total. The molecule has 0 aliphatic rings. The second-order valence-electron chi connectivity index (χ2n) is 10.1. The van der Waals surface area contributed by atoms with Crippen LogP contribution in [0.1, 0.15) is 64.2 Å². The lowest BCUT2D eigenvalue weighted by Crippen LogP contribution is -2.11. The monoisotopic (exact) mass is 530 g/mol. The molecule has 0 fully saturated rings. The molecule has 0 atom stereocenters. The zero-order valence-corrected chi connectivity index (χ0v) is 23.5. The van der Waals surface area contributed by atoms with Crippen LogP contribution in [-0.4, -0.2) is 11.7 Å². The maximum absolute atomic E-state index is 4.88. The van der Waals surface area contributed by atoms with Gasteiger partial charge in [0.2, 0.25) is 0 Å². The normalized spacial score (nSPS) is 11.8. The third-order valence-electron chi connectivity index (χ3n) is 6.74. The van der Waals surface area contributed by atoms with Gasteiger partial charge in [-0.3, -0.25) is 0 Å². The molecule has 0 bridgehead atoms. The maximum atomic E-state index is 4.88. The fourth-order valence-corrected chi connectivity index (χ4v) is 4.63. The first-order valence-electron chi connectivity index (χ1n) is 14.7. The van der Waals surface area contributed by atoms with Gasteiger partial charge in [-0.05, 0) is 61.4 Å². The molecule has 4 aromatic rings. The van der Waals surface area contributed by atoms with Gasteiger partial charge in [0, 0.05) is 24.2 Å². The Kier molecular flexibility index (Phi) is 12.5. The van der Waals surface area contributed by atoms with Gasteiger partial charge in [0.25, 0.3) is 0 Å². The molecule has 0 unspecified atom stereocenters. The lowest BCUT2D eigenvalue weighted by atomic mass is 10.1. The number of hydrogen-bond acceptors (Lipinski definition) is 2. The van der Waals surface area contributed by atoms with E-state index in [2.05, 4.69) is 83.4 Å². The Bertz CT molecular complexity index is 1170. The van der Waals surface area contributed by atoms with Gasteiger partial charge in [0.15, 0.2) is 0 Å². The number of para-hydroxylation sites is 4. The minimum Gasteiger partial charge on any atom is -0.344 e. The Morgan fingerprint density at radius 3 is 1.02 bits per heavy atom. The summed E-state index contributed by atoms with van der Waals surface area (Å²) in [6, 6.07) is 41.1. The summed E-state index contributed by atoms with van der Waals surface area (Å²) in [7, 11) is 0. The number of anilines is 2. The Morgan fingerprint density at radius 1 is 0.375 bits per heavy atom. The molecule has 4 aromatic carbocycles. The third kappa shape index (κ3) is 11.3. The molecule has 0 aliphatic heterocycles. The van der Waals surface area contributed by atoms with Crippen molar-refractivity contribution >= 4 is 34.4 Å². The average molecular weight is 531 g/mol. The van der Waals surface area contributed by atoms with Gasteiger partial charge < -0.3 is 10.6 Å². The van der Waals surface area contributed by atoms with Gasteiger partial charge in [-0.25, -0.2) is 9.98 Å². The maximum Gasteiger partial charge on any atom is 0.107 e. The van der Waals surface area contributed by atoms with Gasteiger partial charge >= 0.3 is 0 Å². The predicted octanol–water partition coefficient (Wildman–Crippen LogP) is 10.6. The average Bonchev–Trinajstić information content (AvgIpc) is 3.00. The molecule has 40 heavy (non-hydrogen) atoms. The van der Waals surface area contributed by atoms with Crippen molar-refractivity contribution in [2.45, 2.75) is 64.2 Å². The number of hydrogen-bond donors (Lipinski definition) is 2. The van der Waals surface area contributed by atoms with Gasteiger partial charge in [0.05, 0.1) is 11.4 Å². The van der Waals surface area contributed by atoms with Crippen LogP contribution >= 0.6 is 0 Å². The Balaban J connectivity index is 1.13. The summed E-state index contributed by atoms with van der Waals surface area (Å²) < 4.78 is 0. The smallest absolute Gasteiger partial charge is 0.107 e. The summed E-state index contributed by atoms with van der Waals surface area (Å²) in [6.07, 6.45) is 11.8. The Labute approximate surface area is 240 Å². The van der Waals surface area contributed by atoms with Gasteiger partial charge in [-0.2, -0.15) is 0 Å². The van der Waals surface area contributed by atoms with Crippen molar-refractivity contribution in [3.63, 3.8) is 0 Å². The Morgan fingerprint density at radius 2 is 0.675 bits per heavy atom. The molecule has 0 amide bonds. The van der Waals surface area contributed by atoms with Crippen molar-refractivity contribution in [2.75, 3.05) is 10.6 Å². The molecule has 206 valence electrons. The lowest BCUT2D eigenvalue weighted by Gasteiger charge is -2.11. The van der Waals surface area contributed by atoms with E-state index in [1.807, 2.05) is 48.5 Å². The number of nitrogens with zero attached hydrogens (tertiary/aromatic N) is 2. The minimum absolute atomic E-state index is 0.960. The zero-order valence-electron chi connectivity index (χ0n) is 23.5. The number of amidine groups is 2. The number of benzene rings is 4. The molecule has 0 radical (unpaired) electrons. The number of rotatable bonds is 15. The quantitative estimate of drug-likeness (QED) is 0.0912. The van der Waals surface area contributed by atoms with Gasteiger partial charge in [0.1, 0.15) is 11.7 Å². The van der Waals surface area contributed by atoms with Crippen LogP contribution in [0.4, 0.5) is 22.7 Å². The van der Waals surface area contributed by atoms with Gasteiger partial charge in [-0.1, -0.05) is 111 Å². The molecule has 4 nitrogen and oxygen atoms in total. The van der Waals surface area contributed by atoms with Crippen molar-refractivity contribution in [2.24, 2.45) is 9.98 Å². The van der Waals surface area contributed by atoms with Crippen LogP contribution in [0.15, 0.2) is 131 Å². The standard InChI is InChI=1S/C36H42N4/c1(3-5-19-29-35(37-31-21-11-7-12-22-31)38-32-23-13-8-14-24-32)2-4-6-20-30-36(39-33-25-15-9-16-26-33)40-34-27-17-10-18-28-34/h7-18,21-28H,1-6,19-20,29-30H2,(H,37,38)(H,39,40). The van der Waals surface area contributed by atoms with E-state index in [9.17, 15) is 0 Å². The summed E-state index contributed by atoms with van der Waals surface area (Å²) in [6.45, 7) is 0. The highest BCUT2D eigenvalue weighted by atomic mass is 15.0. The van der Waals surface area contributed by atoms with Crippen LogP contribution in [0.5, 0.6) is 0 Å². The molecule has 0 spiro atoms. The highest BCUT2D eigenvalue weighted by Crippen LogP contribution is 2.18. The molecule has 4 rings (SSSR count). The van der Waals surface area contributed by atoms with E-state index >= 15 is 0 Å². The van der Waals surface area contributed by atoms with Gasteiger partial charge in [-0.15, -0.1) is 0 Å². The number of nitrogens with one attached hydrogen (secondary N) is 2. The van der Waals surface area contributed by atoms with E-state index in [0.717, 1.165) is 60.1 Å². The van der Waals surface area contributed by atoms with Crippen molar-refractivity contribution in [1.82, 2.24) is 0 Å². The number of unbranched alkanes of at least 4 members (excludes halogenated alkanes) is 7. The topological polar surface area (TPSA) is 48.8 Å². The highest BCUT2D eigenvalue weighted by molar-refractivity contribution is 5.97. The van der Waals surface area contributed by atoms with E-state index in [-0.39, 0.29) is 0 Å². The van der Waals surface area contributed by atoms with Crippen LogP contribution in [0.3, 0.4) is 0 Å². The molecule has 0 heterocycles. The molecule has 0 saturated carbocycles. The SMILES string of the molecule is c1ccc(N=C(CCCCCCCCCCC(=Nc2ccccc2)Nc2ccccc2)Nc2ccccc2)cc1. The first-order chi connectivity index (χ1) is 19.8. The molecular formula is C36H42N4. The van der Waals surface area contributed by atoms with Crippen molar-refractivity contribution in [1.29, 1.82) is 0 Å². The molecular weight excluding hydrogens is 488 g/mol. The molecule has 4 heteroatoms. The van der Waals surface area contributed by atoms with E-state index in [0.29, 0.717) is 0 Å². The first kappa shape index (κ1) is 28.8. The Hall–Kier alpha value is -4.18. The summed E-state index contributed by atoms with van der Waals surface area (Å²) >= 11 is 0. The summed E-state index contributed by atoms with van der Waals surface area (Å²) in [5.41, 5.74) is 4.18. The van der Waals surface area contributed by atoms with E-state index in [1.165, 1.54) is 38.5 Å². The summed E-state index contributed by atoms with van der Waals surface area (Å²) in [5, 5.41) is 7.05. The van der Waals surface area contributed by atoms with Crippen molar-refractivity contribution < 1.29 is 0 Å². The second-order valence-corrected chi connectivity index (χ2v) is 10.1. The zero-order chi connectivity index (χ0) is 27.5.